The molecule has 2 aromatic rings. The van der Waals surface area contributed by atoms with E-state index in [2.05, 4.69) is 4.98 Å². The van der Waals surface area contributed by atoms with E-state index in [1.54, 1.807) is 14.0 Å². The van der Waals surface area contributed by atoms with Gasteiger partial charge in [0.15, 0.2) is 0 Å². The van der Waals surface area contributed by atoms with E-state index in [0.717, 1.165) is 27.9 Å². The Morgan fingerprint density at radius 1 is 1.41 bits per heavy atom. The van der Waals surface area contributed by atoms with Crippen molar-refractivity contribution in [3.05, 3.63) is 29.5 Å². The number of hydrogen-bond donors (Lipinski definition) is 3. The summed E-state index contributed by atoms with van der Waals surface area (Å²) in [5, 5.41) is 11.1. The minimum atomic E-state index is -0.655. The number of aliphatic hydroxyl groups is 1. The van der Waals surface area contributed by atoms with Crippen LogP contribution in [0.2, 0.25) is 0 Å². The van der Waals surface area contributed by atoms with Gasteiger partial charge in [0.05, 0.1) is 13.2 Å². The number of rotatable bonds is 3. The molecule has 0 fully saturated rings. The second-order valence-corrected chi connectivity index (χ2v) is 4.38. The fourth-order valence-electron chi connectivity index (χ4n) is 2.10. The van der Waals surface area contributed by atoms with Crippen LogP contribution < -0.4 is 10.5 Å². The fourth-order valence-corrected chi connectivity index (χ4v) is 2.10. The zero-order chi connectivity index (χ0) is 12.6. The Morgan fingerprint density at radius 3 is 2.71 bits per heavy atom. The summed E-state index contributed by atoms with van der Waals surface area (Å²) in [6.45, 7) is 3.74. The van der Waals surface area contributed by atoms with Gasteiger partial charge in [0, 0.05) is 34.3 Å². The molecule has 0 saturated carbocycles. The maximum atomic E-state index is 10.1. The molecule has 4 nitrogen and oxygen atoms in total. The molecular weight excluding hydrogens is 216 g/mol. The highest BCUT2D eigenvalue weighted by Crippen LogP contribution is 2.31. The van der Waals surface area contributed by atoms with Crippen LogP contribution in [0.15, 0.2) is 18.2 Å². The number of H-pyrrole nitrogens is 1. The number of aromatic amines is 1. The van der Waals surface area contributed by atoms with Crippen LogP contribution in [-0.4, -0.2) is 23.2 Å². The minimum Gasteiger partial charge on any atom is -0.497 e. The molecule has 0 aliphatic rings. The summed E-state index contributed by atoms with van der Waals surface area (Å²) in [5.41, 5.74) is 8.53. The molecule has 0 spiro atoms. The quantitative estimate of drug-likeness (QED) is 0.759. The molecule has 1 heterocycles. The van der Waals surface area contributed by atoms with E-state index in [4.69, 9.17) is 10.5 Å². The highest BCUT2D eigenvalue weighted by Gasteiger charge is 2.19. The second-order valence-electron chi connectivity index (χ2n) is 4.38. The fraction of sp³-hybridized carbons (Fsp3) is 0.385. The highest BCUT2D eigenvalue weighted by atomic mass is 16.5. The normalized spacial score (nSPS) is 14.9. The van der Waals surface area contributed by atoms with Gasteiger partial charge in [0.25, 0.3) is 0 Å². The van der Waals surface area contributed by atoms with Crippen molar-refractivity contribution in [2.24, 2.45) is 5.73 Å². The zero-order valence-electron chi connectivity index (χ0n) is 10.3. The van der Waals surface area contributed by atoms with Gasteiger partial charge in [-0.3, -0.25) is 0 Å². The van der Waals surface area contributed by atoms with Gasteiger partial charge in [-0.05, 0) is 26.0 Å². The van der Waals surface area contributed by atoms with Gasteiger partial charge < -0.3 is 20.6 Å². The number of fused-ring (bicyclic) bond motifs is 1. The van der Waals surface area contributed by atoms with Crippen molar-refractivity contribution >= 4 is 10.9 Å². The van der Waals surface area contributed by atoms with Gasteiger partial charge in [-0.15, -0.1) is 0 Å². The molecule has 17 heavy (non-hydrogen) atoms. The lowest BCUT2D eigenvalue weighted by Gasteiger charge is -2.15. The summed E-state index contributed by atoms with van der Waals surface area (Å²) in [7, 11) is 1.63. The van der Waals surface area contributed by atoms with E-state index >= 15 is 0 Å². The van der Waals surface area contributed by atoms with Gasteiger partial charge in [-0.25, -0.2) is 0 Å². The van der Waals surface area contributed by atoms with Crippen molar-refractivity contribution in [1.29, 1.82) is 0 Å². The average Bonchev–Trinajstić information content (AvgIpc) is 2.62. The molecule has 0 bridgehead atoms. The summed E-state index contributed by atoms with van der Waals surface area (Å²) in [6, 6.07) is 5.44. The summed E-state index contributed by atoms with van der Waals surface area (Å²) < 4.78 is 5.17. The number of benzene rings is 1. The number of ether oxygens (including phenoxy) is 1. The van der Waals surface area contributed by atoms with Crippen LogP contribution in [0, 0.1) is 6.92 Å². The predicted molar refractivity (Wildman–Crippen MR) is 68.2 cm³/mol. The summed E-state index contributed by atoms with van der Waals surface area (Å²) in [6.07, 6.45) is -0.655. The Hall–Kier alpha value is -1.52. The third kappa shape index (κ3) is 2.01. The average molecular weight is 234 g/mol. The molecule has 1 unspecified atom stereocenters. The van der Waals surface area contributed by atoms with Gasteiger partial charge in [0.1, 0.15) is 5.75 Å². The Balaban J connectivity index is 2.60. The summed E-state index contributed by atoms with van der Waals surface area (Å²) in [5.74, 6) is 0.792. The SMILES string of the molecule is COc1ccc2c(C(O)[C@H](C)N)c(C)[nH]c2c1. The molecule has 0 aliphatic carbocycles. The second kappa shape index (κ2) is 4.39. The maximum Gasteiger partial charge on any atom is 0.120 e. The van der Waals surface area contributed by atoms with Crippen LogP contribution in [-0.2, 0) is 0 Å². The maximum absolute atomic E-state index is 10.1. The lowest BCUT2D eigenvalue weighted by molar-refractivity contribution is 0.154. The number of hydrogen-bond acceptors (Lipinski definition) is 3. The van der Waals surface area contributed by atoms with E-state index in [0.29, 0.717) is 0 Å². The molecule has 92 valence electrons. The Kier molecular flexibility index (Phi) is 3.09. The van der Waals surface area contributed by atoms with Crippen LogP contribution in [0.1, 0.15) is 24.3 Å². The number of nitrogens with one attached hydrogen (secondary N) is 1. The third-order valence-electron chi connectivity index (χ3n) is 3.04. The lowest BCUT2D eigenvalue weighted by atomic mass is 10.0. The van der Waals surface area contributed by atoms with E-state index in [1.165, 1.54) is 0 Å². The molecule has 0 amide bonds. The Bertz CT molecular complexity index is 531. The summed E-state index contributed by atoms with van der Waals surface area (Å²) >= 11 is 0. The monoisotopic (exact) mass is 234 g/mol. The predicted octanol–water partition coefficient (Wildman–Crippen LogP) is 1.87. The topological polar surface area (TPSA) is 71.3 Å². The van der Waals surface area contributed by atoms with Crippen molar-refractivity contribution in [3.63, 3.8) is 0 Å². The van der Waals surface area contributed by atoms with Gasteiger partial charge >= 0.3 is 0 Å². The van der Waals surface area contributed by atoms with Gasteiger partial charge in [-0.1, -0.05) is 0 Å². The molecule has 0 saturated heterocycles. The summed E-state index contributed by atoms with van der Waals surface area (Å²) in [4.78, 5) is 3.24. The van der Waals surface area contributed by atoms with Crippen LogP contribution in [0.3, 0.4) is 0 Å². The van der Waals surface area contributed by atoms with Crippen LogP contribution in [0.4, 0.5) is 0 Å². The molecule has 2 atom stereocenters. The van der Waals surface area contributed by atoms with Gasteiger partial charge in [0.2, 0.25) is 0 Å². The highest BCUT2D eigenvalue weighted by molar-refractivity contribution is 5.86. The first-order chi connectivity index (χ1) is 8.04. The van der Waals surface area contributed by atoms with E-state index in [9.17, 15) is 5.11 Å². The van der Waals surface area contributed by atoms with Crippen LogP contribution in [0.5, 0.6) is 5.75 Å². The Labute approximate surface area is 100 Å². The molecule has 0 aliphatic heterocycles. The Morgan fingerprint density at radius 2 is 2.12 bits per heavy atom. The molecule has 0 radical (unpaired) electrons. The van der Waals surface area contributed by atoms with Crippen molar-refractivity contribution in [2.45, 2.75) is 26.0 Å². The number of aromatic nitrogens is 1. The molecule has 4 heteroatoms. The molecule has 2 rings (SSSR count). The largest absolute Gasteiger partial charge is 0.497 e. The first kappa shape index (κ1) is 12.0. The number of aliphatic hydroxyl groups excluding tert-OH is 1. The van der Waals surface area contributed by atoms with Crippen molar-refractivity contribution in [1.82, 2.24) is 4.98 Å². The number of nitrogens with two attached hydrogens (primary N) is 1. The van der Waals surface area contributed by atoms with E-state index in [1.807, 2.05) is 25.1 Å². The molecule has 1 aromatic heterocycles. The number of methoxy groups -OCH3 is 1. The van der Waals surface area contributed by atoms with Crippen LogP contribution in [0.25, 0.3) is 10.9 Å². The van der Waals surface area contributed by atoms with E-state index < -0.39 is 6.10 Å². The zero-order valence-corrected chi connectivity index (χ0v) is 10.3. The minimum absolute atomic E-state index is 0.296. The van der Waals surface area contributed by atoms with Crippen molar-refractivity contribution < 1.29 is 9.84 Å². The lowest BCUT2D eigenvalue weighted by Crippen LogP contribution is -2.24. The molecule has 1 aromatic carbocycles. The van der Waals surface area contributed by atoms with Crippen molar-refractivity contribution in [3.8, 4) is 5.75 Å². The van der Waals surface area contributed by atoms with E-state index in [-0.39, 0.29) is 6.04 Å². The first-order valence-electron chi connectivity index (χ1n) is 5.64. The molecule has 4 N–H and O–H groups in total. The number of aryl methyl sites for hydroxylation is 1. The van der Waals surface area contributed by atoms with Crippen LogP contribution >= 0.6 is 0 Å². The molecular formula is C13H18N2O2. The third-order valence-corrected chi connectivity index (χ3v) is 3.04. The smallest absolute Gasteiger partial charge is 0.120 e. The first-order valence-corrected chi connectivity index (χ1v) is 5.64. The standard InChI is InChI=1S/C13H18N2O2/c1-7(14)13(16)12-8(2)15-11-6-9(17-3)4-5-10(11)12/h4-7,13,15-16H,14H2,1-3H3/t7-,13?/m0/s1. The van der Waals surface area contributed by atoms with Crippen molar-refractivity contribution in [2.75, 3.05) is 7.11 Å². The van der Waals surface area contributed by atoms with Gasteiger partial charge in [-0.2, -0.15) is 0 Å².